The number of allylic oxidation sites excluding steroid dienone is 8. The lowest BCUT2D eigenvalue weighted by Crippen LogP contribution is -2.37. The van der Waals surface area contributed by atoms with E-state index >= 15 is 0 Å². The van der Waals surface area contributed by atoms with E-state index in [1.165, 1.54) is 103 Å². The van der Waals surface area contributed by atoms with Gasteiger partial charge in [-0.15, -0.1) is 0 Å². The van der Waals surface area contributed by atoms with Gasteiger partial charge in [0.05, 0.1) is 27.7 Å². The number of nitrogens with zero attached hydrogens (tertiary/aromatic N) is 1. The van der Waals surface area contributed by atoms with Gasteiger partial charge in [0, 0.05) is 12.8 Å². The summed E-state index contributed by atoms with van der Waals surface area (Å²) >= 11 is 0. The van der Waals surface area contributed by atoms with Crippen LogP contribution in [0.3, 0.4) is 0 Å². The average molecular weight is 783 g/mol. The smallest absolute Gasteiger partial charge is 0.462 e. The molecule has 0 aromatic rings. The molecule has 10 heteroatoms. The number of phosphoric ester groups is 1. The maximum absolute atomic E-state index is 12.6. The third kappa shape index (κ3) is 39.7. The van der Waals surface area contributed by atoms with Gasteiger partial charge in [-0.2, -0.15) is 0 Å². The normalized spacial score (nSPS) is 14.1. The summed E-state index contributed by atoms with van der Waals surface area (Å²) in [6.45, 7) is 4.28. The van der Waals surface area contributed by atoms with Crippen molar-refractivity contribution in [2.75, 3.05) is 47.5 Å². The summed E-state index contributed by atoms with van der Waals surface area (Å²) < 4.78 is 34.1. The lowest BCUT2D eigenvalue weighted by molar-refractivity contribution is -0.870. The molecule has 0 saturated carbocycles. The van der Waals surface area contributed by atoms with Crippen LogP contribution >= 0.6 is 7.82 Å². The van der Waals surface area contributed by atoms with Crippen LogP contribution in [0.1, 0.15) is 168 Å². The Hall–Kier alpha value is -2.03. The number of carbonyl (C=O) groups excluding carboxylic acids is 2. The van der Waals surface area contributed by atoms with Crippen LogP contribution in [0, 0.1) is 0 Å². The zero-order valence-corrected chi connectivity index (χ0v) is 36.1. The highest BCUT2D eigenvalue weighted by Gasteiger charge is 2.27. The Balaban J connectivity index is 4.54. The highest BCUT2D eigenvalue weighted by molar-refractivity contribution is 7.47. The van der Waals surface area contributed by atoms with Gasteiger partial charge in [-0.1, -0.05) is 152 Å². The Bertz CT molecular complexity index is 1070. The molecule has 0 radical (unpaired) electrons. The van der Waals surface area contributed by atoms with E-state index < -0.39 is 32.5 Å². The van der Waals surface area contributed by atoms with Gasteiger partial charge in [-0.3, -0.25) is 18.6 Å². The first-order valence-corrected chi connectivity index (χ1v) is 22.9. The highest BCUT2D eigenvalue weighted by Crippen LogP contribution is 2.43. The largest absolute Gasteiger partial charge is 0.472 e. The van der Waals surface area contributed by atoms with Crippen molar-refractivity contribution < 1.29 is 42.1 Å². The van der Waals surface area contributed by atoms with Crippen molar-refractivity contribution in [3.05, 3.63) is 48.6 Å². The van der Waals surface area contributed by atoms with Gasteiger partial charge in [-0.25, -0.2) is 4.57 Å². The van der Waals surface area contributed by atoms with E-state index in [1.807, 2.05) is 45.4 Å². The monoisotopic (exact) mass is 783 g/mol. The standard InChI is InChI=1S/C44H80NO8P/c1-6-8-10-12-14-16-18-20-22-24-26-28-30-32-34-36-43(46)50-40-42(41-52-54(48,49)51-39-38-45(3,4)5)53-44(47)37-35-33-31-29-27-25-23-21-19-17-15-13-11-9-7-2/h24-27,30-33,42H,6-23,28-29,34-41H2,1-5H3/p+1/b26-24-,27-25-,32-30-,33-31-. The van der Waals surface area contributed by atoms with Gasteiger partial charge in [0.15, 0.2) is 6.10 Å². The van der Waals surface area contributed by atoms with Crippen molar-refractivity contribution in [3.63, 3.8) is 0 Å². The molecule has 0 heterocycles. The topological polar surface area (TPSA) is 108 Å². The number of likely N-dealkylation sites (N-methyl/N-ethyl adjacent to an activating group) is 1. The summed E-state index contributed by atoms with van der Waals surface area (Å²) in [7, 11) is 1.42. The van der Waals surface area contributed by atoms with Gasteiger partial charge in [0.2, 0.25) is 0 Å². The second kappa shape index (κ2) is 36.6. The first kappa shape index (κ1) is 52.0. The third-order valence-electron chi connectivity index (χ3n) is 8.86. The predicted octanol–water partition coefficient (Wildman–Crippen LogP) is 11.9. The maximum Gasteiger partial charge on any atom is 0.472 e. The van der Waals surface area contributed by atoms with Crippen LogP contribution in [0.15, 0.2) is 48.6 Å². The minimum absolute atomic E-state index is 0.0139. The summed E-state index contributed by atoms with van der Waals surface area (Å²) in [6, 6.07) is 0. The zero-order chi connectivity index (χ0) is 40.0. The number of esters is 2. The zero-order valence-electron chi connectivity index (χ0n) is 35.2. The van der Waals surface area contributed by atoms with E-state index in [0.717, 1.165) is 25.7 Å². The van der Waals surface area contributed by atoms with Crippen molar-refractivity contribution in [2.24, 2.45) is 0 Å². The van der Waals surface area contributed by atoms with Gasteiger partial charge < -0.3 is 18.9 Å². The minimum atomic E-state index is -4.40. The van der Waals surface area contributed by atoms with Crippen LogP contribution in [0.4, 0.5) is 0 Å². The molecular formula is C44H81NO8P+. The third-order valence-corrected chi connectivity index (χ3v) is 9.84. The SMILES string of the molecule is CCCCCCCCCC/C=C\C/C=C\CCC(=O)OCC(COP(=O)(O)OCC[N+](C)(C)C)OC(=O)CC/C=C\C/C=C\CCCCCCCCCC. The predicted molar refractivity (Wildman–Crippen MR) is 224 cm³/mol. The van der Waals surface area contributed by atoms with E-state index in [9.17, 15) is 19.0 Å². The summed E-state index contributed by atoms with van der Waals surface area (Å²) in [5, 5.41) is 0. The van der Waals surface area contributed by atoms with Crippen molar-refractivity contribution in [3.8, 4) is 0 Å². The lowest BCUT2D eigenvalue weighted by atomic mass is 10.1. The number of hydrogen-bond donors (Lipinski definition) is 1. The molecule has 0 fully saturated rings. The molecule has 0 spiro atoms. The summed E-state index contributed by atoms with van der Waals surface area (Å²) in [6.07, 6.45) is 41.9. The second-order valence-electron chi connectivity index (χ2n) is 15.4. The fraction of sp³-hybridized carbons (Fsp3) is 0.773. The van der Waals surface area contributed by atoms with Gasteiger partial charge in [0.25, 0.3) is 0 Å². The van der Waals surface area contributed by atoms with Crippen molar-refractivity contribution in [1.82, 2.24) is 0 Å². The maximum atomic E-state index is 12.6. The Labute approximate surface area is 331 Å². The molecule has 0 bridgehead atoms. The summed E-state index contributed by atoms with van der Waals surface area (Å²) in [4.78, 5) is 35.2. The van der Waals surface area contributed by atoms with Crippen LogP contribution < -0.4 is 0 Å². The molecular weight excluding hydrogens is 701 g/mol. The van der Waals surface area contributed by atoms with Crippen molar-refractivity contribution in [1.29, 1.82) is 0 Å². The van der Waals surface area contributed by atoms with Gasteiger partial charge in [0.1, 0.15) is 19.8 Å². The molecule has 0 aromatic carbocycles. The molecule has 9 nitrogen and oxygen atoms in total. The van der Waals surface area contributed by atoms with Crippen LogP contribution in [0.25, 0.3) is 0 Å². The molecule has 2 atom stereocenters. The summed E-state index contributed by atoms with van der Waals surface area (Å²) in [5.74, 6) is -0.956. The first-order chi connectivity index (χ1) is 26.0. The fourth-order valence-corrected chi connectivity index (χ4v) is 6.21. The second-order valence-corrected chi connectivity index (χ2v) is 16.8. The number of rotatable bonds is 38. The highest BCUT2D eigenvalue weighted by atomic mass is 31.2. The van der Waals surface area contributed by atoms with Crippen LogP contribution in [0.5, 0.6) is 0 Å². The van der Waals surface area contributed by atoms with E-state index in [4.69, 9.17) is 18.5 Å². The van der Waals surface area contributed by atoms with Gasteiger partial charge >= 0.3 is 19.8 Å². The first-order valence-electron chi connectivity index (χ1n) is 21.4. The van der Waals surface area contributed by atoms with E-state index in [1.54, 1.807) is 0 Å². The lowest BCUT2D eigenvalue weighted by Gasteiger charge is -2.24. The fourth-order valence-electron chi connectivity index (χ4n) is 5.47. The minimum Gasteiger partial charge on any atom is -0.462 e. The Kier molecular flexibility index (Phi) is 35.2. The molecule has 2 unspecified atom stereocenters. The summed E-state index contributed by atoms with van der Waals surface area (Å²) in [5.41, 5.74) is 0. The van der Waals surface area contributed by atoms with E-state index in [-0.39, 0.29) is 26.1 Å². The molecule has 54 heavy (non-hydrogen) atoms. The molecule has 0 saturated heterocycles. The Morgan fingerprint density at radius 1 is 0.574 bits per heavy atom. The van der Waals surface area contributed by atoms with Crippen LogP contribution in [-0.2, 0) is 32.7 Å². The molecule has 1 N–H and O–H groups in total. The van der Waals surface area contributed by atoms with Crippen molar-refractivity contribution >= 4 is 19.8 Å². The molecule has 0 aromatic heterocycles. The number of unbranched alkanes of at least 4 members (excludes halogenated alkanes) is 16. The number of carbonyl (C=O) groups is 2. The quantitative estimate of drug-likeness (QED) is 0.0217. The molecule has 314 valence electrons. The Morgan fingerprint density at radius 3 is 1.46 bits per heavy atom. The molecule has 0 aliphatic carbocycles. The van der Waals surface area contributed by atoms with E-state index in [0.29, 0.717) is 23.9 Å². The van der Waals surface area contributed by atoms with Crippen LogP contribution in [0.2, 0.25) is 0 Å². The average Bonchev–Trinajstić information content (AvgIpc) is 3.12. The molecule has 0 aliphatic heterocycles. The molecule has 0 rings (SSSR count). The Morgan fingerprint density at radius 2 is 1.00 bits per heavy atom. The van der Waals surface area contributed by atoms with Crippen LogP contribution in [-0.4, -0.2) is 74.9 Å². The number of phosphoric acid groups is 1. The van der Waals surface area contributed by atoms with Gasteiger partial charge in [-0.05, 0) is 51.4 Å². The molecule has 0 amide bonds. The molecule has 0 aliphatic rings. The number of ether oxygens (including phenoxy) is 2. The van der Waals surface area contributed by atoms with Crippen molar-refractivity contribution in [2.45, 2.75) is 174 Å². The number of hydrogen-bond acceptors (Lipinski definition) is 7. The van der Waals surface area contributed by atoms with E-state index in [2.05, 4.69) is 38.2 Å². The number of quaternary nitrogens is 1.